The summed E-state index contributed by atoms with van der Waals surface area (Å²) in [7, 11) is 1.83. The Morgan fingerprint density at radius 2 is 2.47 bits per heavy atom. The Labute approximate surface area is 94.6 Å². The van der Waals surface area contributed by atoms with Gasteiger partial charge < -0.3 is 9.88 Å². The maximum atomic E-state index is 11.7. The van der Waals surface area contributed by atoms with Crippen molar-refractivity contribution in [2.45, 2.75) is 25.8 Å². The summed E-state index contributed by atoms with van der Waals surface area (Å²) in [5.74, 6) is 0.425. The van der Waals surface area contributed by atoms with Crippen LogP contribution in [0.2, 0.25) is 0 Å². The topological polar surface area (TPSA) is 46.9 Å². The van der Waals surface area contributed by atoms with Crippen LogP contribution in [0.3, 0.4) is 0 Å². The van der Waals surface area contributed by atoms with Crippen LogP contribution in [-0.4, -0.2) is 27.4 Å². The second-order valence-electron chi connectivity index (χ2n) is 3.48. The molecule has 1 amide bonds. The molecule has 0 aliphatic heterocycles. The number of halogens is 1. The van der Waals surface area contributed by atoms with Crippen molar-refractivity contribution in [1.29, 1.82) is 0 Å². The first-order chi connectivity index (χ1) is 7.17. The number of aryl methyl sites for hydroxylation is 1. The van der Waals surface area contributed by atoms with Crippen LogP contribution >= 0.6 is 11.6 Å². The number of rotatable bonds is 5. The highest BCUT2D eigenvalue weighted by Gasteiger charge is 2.13. The maximum absolute atomic E-state index is 11.7. The number of imidazole rings is 1. The summed E-state index contributed by atoms with van der Waals surface area (Å²) >= 11 is 5.64. The summed E-state index contributed by atoms with van der Waals surface area (Å²) in [6, 6.07) is 0.136. The molecule has 84 valence electrons. The highest BCUT2D eigenvalue weighted by atomic mass is 35.5. The summed E-state index contributed by atoms with van der Waals surface area (Å²) < 4.78 is 1.75. The van der Waals surface area contributed by atoms with Crippen LogP contribution < -0.4 is 5.32 Å². The molecular formula is C10H16ClN3O. The maximum Gasteiger partial charge on any atom is 0.271 e. The fourth-order valence-electron chi connectivity index (χ4n) is 1.30. The van der Waals surface area contributed by atoms with Crippen LogP contribution in [0.1, 0.15) is 30.3 Å². The monoisotopic (exact) mass is 229 g/mol. The molecule has 1 unspecified atom stereocenters. The molecular weight excluding hydrogens is 214 g/mol. The molecule has 1 heterocycles. The van der Waals surface area contributed by atoms with E-state index in [4.69, 9.17) is 11.6 Å². The Balaban J connectivity index is 2.54. The smallest absolute Gasteiger partial charge is 0.271 e. The molecule has 0 saturated heterocycles. The van der Waals surface area contributed by atoms with Gasteiger partial charge in [-0.15, -0.1) is 11.6 Å². The van der Waals surface area contributed by atoms with Crippen molar-refractivity contribution >= 4 is 17.5 Å². The summed E-state index contributed by atoms with van der Waals surface area (Å²) in [6.07, 6.45) is 4.97. The van der Waals surface area contributed by atoms with Crippen LogP contribution in [0, 0.1) is 0 Å². The van der Waals surface area contributed by atoms with Gasteiger partial charge in [0.2, 0.25) is 0 Å². The second kappa shape index (κ2) is 5.75. The third kappa shape index (κ3) is 3.55. The number of carbonyl (C=O) groups excluding carboxylic acids is 1. The number of alkyl halides is 1. The first-order valence-corrected chi connectivity index (χ1v) is 5.55. The number of hydrogen-bond acceptors (Lipinski definition) is 2. The van der Waals surface area contributed by atoms with E-state index in [1.165, 1.54) is 0 Å². The molecule has 1 rings (SSSR count). The van der Waals surface area contributed by atoms with E-state index in [0.29, 0.717) is 11.6 Å². The minimum atomic E-state index is -0.132. The predicted molar refractivity (Wildman–Crippen MR) is 60.1 cm³/mol. The molecule has 5 heteroatoms. The van der Waals surface area contributed by atoms with Gasteiger partial charge in [0.15, 0.2) is 0 Å². The number of aromatic nitrogens is 2. The van der Waals surface area contributed by atoms with Crippen molar-refractivity contribution in [1.82, 2.24) is 14.9 Å². The average molecular weight is 230 g/mol. The van der Waals surface area contributed by atoms with Gasteiger partial charge in [0.1, 0.15) is 5.69 Å². The lowest BCUT2D eigenvalue weighted by atomic mass is 10.1. The molecule has 0 radical (unpaired) electrons. The van der Waals surface area contributed by atoms with Gasteiger partial charge in [-0.25, -0.2) is 4.98 Å². The van der Waals surface area contributed by atoms with E-state index in [1.54, 1.807) is 17.1 Å². The van der Waals surface area contributed by atoms with Crippen LogP contribution in [0.5, 0.6) is 0 Å². The molecule has 0 saturated carbocycles. The van der Waals surface area contributed by atoms with Gasteiger partial charge in [-0.1, -0.05) is 6.92 Å². The van der Waals surface area contributed by atoms with Crippen molar-refractivity contribution in [2.75, 3.05) is 5.88 Å². The van der Waals surface area contributed by atoms with Gasteiger partial charge in [0.25, 0.3) is 5.91 Å². The number of nitrogens with one attached hydrogen (secondary N) is 1. The highest BCUT2D eigenvalue weighted by Crippen LogP contribution is 2.02. The highest BCUT2D eigenvalue weighted by molar-refractivity contribution is 6.17. The normalized spacial score (nSPS) is 12.5. The molecule has 15 heavy (non-hydrogen) atoms. The van der Waals surface area contributed by atoms with Crippen molar-refractivity contribution in [3.8, 4) is 0 Å². The van der Waals surface area contributed by atoms with Crippen molar-refractivity contribution in [3.05, 3.63) is 18.2 Å². The second-order valence-corrected chi connectivity index (χ2v) is 3.86. The van der Waals surface area contributed by atoms with Crippen LogP contribution in [0.25, 0.3) is 0 Å². The molecule has 1 aromatic heterocycles. The minimum Gasteiger partial charge on any atom is -0.348 e. The summed E-state index contributed by atoms with van der Waals surface area (Å²) in [6.45, 7) is 2.02. The Bertz CT molecular complexity index is 324. The summed E-state index contributed by atoms with van der Waals surface area (Å²) in [5, 5.41) is 2.90. The third-order valence-corrected chi connectivity index (χ3v) is 2.44. The summed E-state index contributed by atoms with van der Waals surface area (Å²) in [4.78, 5) is 15.7. The Hall–Kier alpha value is -1.03. The zero-order valence-corrected chi connectivity index (χ0v) is 9.79. The van der Waals surface area contributed by atoms with E-state index in [1.807, 2.05) is 14.0 Å². The van der Waals surface area contributed by atoms with Gasteiger partial charge in [-0.05, 0) is 12.8 Å². The predicted octanol–water partition coefficient (Wildman–Crippen LogP) is 1.56. The lowest BCUT2D eigenvalue weighted by Gasteiger charge is -2.14. The van der Waals surface area contributed by atoms with E-state index in [-0.39, 0.29) is 11.9 Å². The van der Waals surface area contributed by atoms with Crippen LogP contribution in [-0.2, 0) is 7.05 Å². The van der Waals surface area contributed by atoms with Crippen LogP contribution in [0.15, 0.2) is 12.5 Å². The minimum absolute atomic E-state index is 0.132. The molecule has 0 bridgehead atoms. The molecule has 0 spiro atoms. The van der Waals surface area contributed by atoms with Gasteiger partial charge in [0.05, 0.1) is 6.33 Å². The largest absolute Gasteiger partial charge is 0.348 e. The van der Waals surface area contributed by atoms with Crippen LogP contribution in [0.4, 0.5) is 0 Å². The molecule has 4 nitrogen and oxygen atoms in total. The molecule has 1 atom stereocenters. The lowest BCUT2D eigenvalue weighted by Crippen LogP contribution is -2.34. The zero-order chi connectivity index (χ0) is 11.3. The average Bonchev–Trinajstić information content (AvgIpc) is 2.64. The SMILES string of the molecule is CCC(CCCl)NC(=O)c1cn(C)cn1. The Morgan fingerprint density at radius 1 is 1.73 bits per heavy atom. The Morgan fingerprint density at radius 3 is 2.93 bits per heavy atom. The molecule has 1 N–H and O–H groups in total. The quantitative estimate of drug-likeness (QED) is 0.779. The molecule has 1 aromatic rings. The van der Waals surface area contributed by atoms with Crippen molar-refractivity contribution < 1.29 is 4.79 Å². The van der Waals surface area contributed by atoms with Gasteiger partial charge in [0, 0.05) is 25.2 Å². The van der Waals surface area contributed by atoms with E-state index < -0.39 is 0 Å². The lowest BCUT2D eigenvalue weighted by molar-refractivity contribution is 0.0930. The van der Waals surface area contributed by atoms with Gasteiger partial charge in [-0.3, -0.25) is 4.79 Å². The van der Waals surface area contributed by atoms with Crippen molar-refractivity contribution in [3.63, 3.8) is 0 Å². The zero-order valence-electron chi connectivity index (χ0n) is 9.03. The first kappa shape index (κ1) is 12.0. The number of amides is 1. The van der Waals surface area contributed by atoms with E-state index in [9.17, 15) is 4.79 Å². The van der Waals surface area contributed by atoms with Gasteiger partial charge >= 0.3 is 0 Å². The first-order valence-electron chi connectivity index (χ1n) is 5.02. The molecule has 0 aliphatic rings. The van der Waals surface area contributed by atoms with Gasteiger partial charge in [-0.2, -0.15) is 0 Å². The molecule has 0 aromatic carbocycles. The third-order valence-electron chi connectivity index (χ3n) is 2.22. The molecule has 0 fully saturated rings. The molecule has 0 aliphatic carbocycles. The fourth-order valence-corrected chi connectivity index (χ4v) is 1.56. The standard InChI is InChI=1S/C10H16ClN3O/c1-3-8(4-5-11)13-10(15)9-6-14(2)7-12-9/h6-8H,3-5H2,1-2H3,(H,13,15). The Kier molecular flexibility index (Phi) is 4.62. The summed E-state index contributed by atoms with van der Waals surface area (Å²) in [5.41, 5.74) is 0.450. The number of carbonyl (C=O) groups is 1. The van der Waals surface area contributed by atoms with E-state index in [0.717, 1.165) is 12.8 Å². The van der Waals surface area contributed by atoms with E-state index >= 15 is 0 Å². The number of nitrogens with zero attached hydrogens (tertiary/aromatic N) is 2. The number of hydrogen-bond donors (Lipinski definition) is 1. The fraction of sp³-hybridized carbons (Fsp3) is 0.600. The van der Waals surface area contributed by atoms with Crippen molar-refractivity contribution in [2.24, 2.45) is 7.05 Å². The van der Waals surface area contributed by atoms with E-state index in [2.05, 4.69) is 10.3 Å².